The summed E-state index contributed by atoms with van der Waals surface area (Å²) in [6.07, 6.45) is 3.09. The quantitative estimate of drug-likeness (QED) is 0.407. The highest BCUT2D eigenvalue weighted by Gasteiger charge is 2.34. The highest BCUT2D eigenvalue weighted by molar-refractivity contribution is 14.1. The highest BCUT2D eigenvalue weighted by atomic mass is 127. The number of carbonyl (C=O) groups is 2. The second kappa shape index (κ2) is 5.62. The van der Waals surface area contributed by atoms with E-state index in [1.165, 1.54) is 6.08 Å². The molecule has 18 heavy (non-hydrogen) atoms. The van der Waals surface area contributed by atoms with Crippen LogP contribution in [0.25, 0.3) is 6.08 Å². The maximum absolute atomic E-state index is 11.9. The molecule has 4 nitrogen and oxygen atoms in total. The van der Waals surface area contributed by atoms with E-state index < -0.39 is 0 Å². The normalized spacial score (nSPS) is 17.9. The number of thioether (sulfide) groups is 1. The summed E-state index contributed by atoms with van der Waals surface area (Å²) in [6.45, 7) is 3.74. The van der Waals surface area contributed by atoms with Gasteiger partial charge in [-0.1, -0.05) is 6.08 Å². The van der Waals surface area contributed by atoms with Gasteiger partial charge in [-0.2, -0.15) is 0 Å². The number of nitrogens with zero attached hydrogens (tertiary/aromatic N) is 1. The van der Waals surface area contributed by atoms with E-state index in [0.717, 1.165) is 21.1 Å². The number of hydrogen-bond acceptors (Lipinski definition) is 4. The Kier molecular flexibility index (Phi) is 4.33. The van der Waals surface area contributed by atoms with Gasteiger partial charge >= 0.3 is 0 Å². The van der Waals surface area contributed by atoms with Gasteiger partial charge in [0.15, 0.2) is 3.77 Å². The summed E-state index contributed by atoms with van der Waals surface area (Å²) in [6, 6.07) is 1.75. The highest BCUT2D eigenvalue weighted by Crippen LogP contribution is 2.33. The van der Waals surface area contributed by atoms with Crippen molar-refractivity contribution in [1.29, 1.82) is 0 Å². The molecule has 1 aromatic rings. The molecule has 0 spiro atoms. The second-order valence-electron chi connectivity index (χ2n) is 3.35. The summed E-state index contributed by atoms with van der Waals surface area (Å²) in [5.74, 6) is 0.225. The van der Waals surface area contributed by atoms with Gasteiger partial charge in [-0.15, -0.1) is 6.58 Å². The van der Waals surface area contributed by atoms with Gasteiger partial charge in [0.05, 0.1) is 9.38 Å². The molecule has 7 heteroatoms. The second-order valence-corrected chi connectivity index (χ2v) is 6.18. The first-order valence-corrected chi connectivity index (χ1v) is 7.53. The molecule has 1 aliphatic rings. The fourth-order valence-electron chi connectivity index (χ4n) is 1.35. The van der Waals surface area contributed by atoms with Crippen LogP contribution in [0.5, 0.6) is 0 Å². The van der Waals surface area contributed by atoms with Crippen LogP contribution in [0.4, 0.5) is 4.79 Å². The Morgan fingerprint density at radius 3 is 2.83 bits per heavy atom. The molecule has 1 fully saturated rings. The van der Waals surface area contributed by atoms with Crippen LogP contribution < -0.4 is 0 Å². The number of halogens is 2. The minimum absolute atomic E-state index is 0.224. The van der Waals surface area contributed by atoms with Crippen molar-refractivity contribution in [1.82, 2.24) is 4.90 Å². The summed E-state index contributed by atoms with van der Waals surface area (Å²) >= 11 is 6.25. The molecular formula is C11H7BrINO3S. The molecule has 0 unspecified atom stereocenters. The van der Waals surface area contributed by atoms with Gasteiger partial charge in [0, 0.05) is 35.2 Å². The van der Waals surface area contributed by atoms with Crippen LogP contribution >= 0.6 is 50.3 Å². The van der Waals surface area contributed by atoms with Gasteiger partial charge in [0.2, 0.25) is 0 Å². The first-order valence-electron chi connectivity index (χ1n) is 4.84. The van der Waals surface area contributed by atoms with Crippen LogP contribution in [0.1, 0.15) is 5.76 Å². The summed E-state index contributed by atoms with van der Waals surface area (Å²) in [5, 5.41) is -0.286. The number of amides is 2. The van der Waals surface area contributed by atoms with E-state index in [1.54, 1.807) is 12.1 Å². The molecule has 0 bridgehead atoms. The Balaban J connectivity index is 2.27. The lowest BCUT2D eigenvalue weighted by Gasteiger charge is -2.07. The van der Waals surface area contributed by atoms with Crippen LogP contribution in [0.3, 0.4) is 0 Å². The smallest absolute Gasteiger partial charge is 0.293 e. The van der Waals surface area contributed by atoms with E-state index in [1.807, 2.05) is 22.6 Å². The standard InChI is InChI=1S/C11H7BrINO3S/c1-2-3-14-10(15)8(18-11(14)16)5-6-4-7(12)9(13)17-6/h2,4-5H,1,3H2/b8-5-. The van der Waals surface area contributed by atoms with Gasteiger partial charge in [-0.05, 0) is 33.8 Å². The lowest BCUT2D eigenvalue weighted by atomic mass is 10.3. The van der Waals surface area contributed by atoms with E-state index in [2.05, 4.69) is 22.5 Å². The van der Waals surface area contributed by atoms with Gasteiger partial charge in [0.1, 0.15) is 5.76 Å². The molecule has 94 valence electrons. The lowest BCUT2D eigenvalue weighted by molar-refractivity contribution is -0.122. The van der Waals surface area contributed by atoms with Crippen molar-refractivity contribution >= 4 is 67.5 Å². The average molecular weight is 440 g/mol. The van der Waals surface area contributed by atoms with Crippen molar-refractivity contribution < 1.29 is 14.0 Å². The zero-order chi connectivity index (χ0) is 13.3. The minimum Gasteiger partial charge on any atom is -0.450 e. The monoisotopic (exact) mass is 439 g/mol. The van der Waals surface area contributed by atoms with Gasteiger partial charge in [0.25, 0.3) is 11.1 Å². The molecule has 2 heterocycles. The Morgan fingerprint density at radius 1 is 1.56 bits per heavy atom. The SMILES string of the molecule is C=CCN1C(=O)S/C(=C\c2cc(Br)c(I)o2)C1=O. The summed E-state index contributed by atoms with van der Waals surface area (Å²) in [4.78, 5) is 25.0. The van der Waals surface area contributed by atoms with Crippen molar-refractivity contribution in [3.63, 3.8) is 0 Å². The van der Waals surface area contributed by atoms with Crippen molar-refractivity contribution in [3.8, 4) is 0 Å². The topological polar surface area (TPSA) is 50.5 Å². The van der Waals surface area contributed by atoms with E-state index in [9.17, 15) is 9.59 Å². The number of carbonyl (C=O) groups excluding carboxylic acids is 2. The van der Waals surface area contributed by atoms with E-state index in [4.69, 9.17) is 4.42 Å². The zero-order valence-corrected chi connectivity index (χ0v) is 13.5. The Bertz CT molecular complexity index is 547. The zero-order valence-electron chi connectivity index (χ0n) is 8.98. The molecule has 0 radical (unpaired) electrons. The Labute approximate surface area is 130 Å². The van der Waals surface area contributed by atoms with Crippen LogP contribution in [-0.2, 0) is 4.79 Å². The first kappa shape index (κ1) is 13.9. The van der Waals surface area contributed by atoms with Crippen LogP contribution in [-0.4, -0.2) is 22.6 Å². The van der Waals surface area contributed by atoms with Crippen molar-refractivity contribution in [3.05, 3.63) is 37.6 Å². The number of imide groups is 1. The van der Waals surface area contributed by atoms with Crippen LogP contribution in [0, 0.1) is 3.77 Å². The molecule has 0 N–H and O–H groups in total. The number of furan rings is 1. The third-order valence-electron chi connectivity index (χ3n) is 2.12. The molecule has 0 aromatic carbocycles. The molecule has 1 aliphatic heterocycles. The molecule has 2 rings (SSSR count). The van der Waals surface area contributed by atoms with Gasteiger partial charge in [-0.25, -0.2) is 0 Å². The van der Waals surface area contributed by atoms with Crippen LogP contribution in [0.15, 0.2) is 32.5 Å². The lowest BCUT2D eigenvalue weighted by Crippen LogP contribution is -2.27. The average Bonchev–Trinajstić information content (AvgIpc) is 2.75. The number of rotatable bonds is 3. The molecule has 1 aromatic heterocycles. The summed E-state index contributed by atoms with van der Waals surface area (Å²) in [5.41, 5.74) is 0. The fourth-order valence-corrected chi connectivity index (χ4v) is 2.90. The van der Waals surface area contributed by atoms with Gasteiger partial charge < -0.3 is 4.42 Å². The molecular weight excluding hydrogens is 433 g/mol. The van der Waals surface area contributed by atoms with E-state index in [-0.39, 0.29) is 17.7 Å². The minimum atomic E-state index is -0.313. The molecule has 0 atom stereocenters. The maximum Gasteiger partial charge on any atom is 0.293 e. The van der Waals surface area contributed by atoms with Crippen molar-refractivity contribution in [2.75, 3.05) is 6.54 Å². The summed E-state index contributed by atoms with van der Waals surface area (Å²) < 4.78 is 6.92. The van der Waals surface area contributed by atoms with E-state index >= 15 is 0 Å². The Hall–Kier alpha value is -0.540. The molecule has 2 amide bonds. The largest absolute Gasteiger partial charge is 0.450 e. The fraction of sp³-hybridized carbons (Fsp3) is 0.0909. The third-order valence-corrected chi connectivity index (χ3v) is 5.16. The van der Waals surface area contributed by atoms with Crippen molar-refractivity contribution in [2.45, 2.75) is 0 Å². The molecule has 1 saturated heterocycles. The number of hydrogen-bond donors (Lipinski definition) is 0. The Morgan fingerprint density at radius 2 is 2.28 bits per heavy atom. The predicted molar refractivity (Wildman–Crippen MR) is 82.0 cm³/mol. The predicted octanol–water partition coefficient (Wildman–Crippen LogP) is 3.87. The van der Waals surface area contributed by atoms with Gasteiger partial charge in [-0.3, -0.25) is 14.5 Å². The van der Waals surface area contributed by atoms with E-state index in [0.29, 0.717) is 14.4 Å². The van der Waals surface area contributed by atoms with Crippen LogP contribution in [0.2, 0.25) is 0 Å². The maximum atomic E-state index is 11.9. The summed E-state index contributed by atoms with van der Waals surface area (Å²) in [7, 11) is 0. The first-order chi connectivity index (χ1) is 8.52. The molecule has 0 saturated carbocycles. The third kappa shape index (κ3) is 2.72. The molecule has 0 aliphatic carbocycles. The van der Waals surface area contributed by atoms with Crippen molar-refractivity contribution in [2.24, 2.45) is 0 Å².